The third-order valence-electron chi connectivity index (χ3n) is 9.08. The average Bonchev–Trinajstić information content (AvgIpc) is 3.07. The first-order valence-corrected chi connectivity index (χ1v) is 18.0. The fourth-order valence-electron chi connectivity index (χ4n) is 5.98. The molecule has 2 rings (SSSR count). The van der Waals surface area contributed by atoms with Gasteiger partial charge in [-0.25, -0.2) is 4.39 Å². The van der Waals surface area contributed by atoms with Crippen LogP contribution < -0.4 is 5.32 Å². The molecule has 10 nitrogen and oxygen atoms in total. The maximum Gasteiger partial charge on any atom is 0.220 e. The standard InChI is InChI=1S/C36H62FNO9/c1-2-3-4-5-6-7-8-9-10-11-12-15-18-29(40)32(42)28(25-46-36-35(45)34(44)33(43)30(24-39)47-36)38-31(41)19-16-13-14-17-26-20-22-27(37)23-21-26/h20-23,28-30,32-36,39-40,42-45H,2-19,24-25H2,1H3,(H,38,41)/t28-,29+,30+,32-,33-,34-,35+,36-/m0/s1. The Morgan fingerprint density at radius 2 is 1.40 bits per heavy atom. The van der Waals surface area contributed by atoms with Crippen LogP contribution in [0.3, 0.4) is 0 Å². The Hall–Kier alpha value is -1.70. The number of amides is 1. The van der Waals surface area contributed by atoms with Gasteiger partial charge in [0, 0.05) is 6.42 Å². The normalized spacial score (nSPS) is 23.4. The molecule has 0 unspecified atom stereocenters. The molecule has 1 aliphatic heterocycles. The van der Waals surface area contributed by atoms with E-state index in [4.69, 9.17) is 9.47 Å². The third kappa shape index (κ3) is 16.5. The molecule has 47 heavy (non-hydrogen) atoms. The molecule has 0 spiro atoms. The largest absolute Gasteiger partial charge is 0.394 e. The van der Waals surface area contributed by atoms with Crippen molar-refractivity contribution in [2.75, 3.05) is 13.2 Å². The van der Waals surface area contributed by atoms with Gasteiger partial charge in [-0.15, -0.1) is 0 Å². The van der Waals surface area contributed by atoms with Gasteiger partial charge in [0.05, 0.1) is 25.4 Å². The van der Waals surface area contributed by atoms with Crippen LogP contribution >= 0.6 is 0 Å². The van der Waals surface area contributed by atoms with E-state index in [1.807, 2.05) is 0 Å². The first-order valence-electron chi connectivity index (χ1n) is 18.0. The predicted octanol–water partition coefficient (Wildman–Crippen LogP) is 4.04. The van der Waals surface area contributed by atoms with Crippen molar-refractivity contribution in [3.05, 3.63) is 35.6 Å². The van der Waals surface area contributed by atoms with Crippen molar-refractivity contribution in [3.8, 4) is 0 Å². The monoisotopic (exact) mass is 671 g/mol. The van der Waals surface area contributed by atoms with E-state index in [2.05, 4.69) is 12.2 Å². The molecule has 1 fully saturated rings. The number of nitrogens with one attached hydrogen (secondary N) is 1. The fourth-order valence-corrected chi connectivity index (χ4v) is 5.98. The zero-order valence-corrected chi connectivity index (χ0v) is 28.4. The number of carbonyl (C=O) groups excluding carboxylic acids is 1. The maximum absolute atomic E-state index is 13.1. The van der Waals surface area contributed by atoms with E-state index in [0.29, 0.717) is 12.8 Å². The summed E-state index contributed by atoms with van der Waals surface area (Å²) in [5.74, 6) is -0.623. The summed E-state index contributed by atoms with van der Waals surface area (Å²) in [4.78, 5) is 12.8. The van der Waals surface area contributed by atoms with Gasteiger partial charge in [0.1, 0.15) is 36.3 Å². The molecule has 1 aromatic rings. The minimum Gasteiger partial charge on any atom is -0.394 e. The third-order valence-corrected chi connectivity index (χ3v) is 9.08. The number of unbranched alkanes of at least 4 members (excludes halogenated alkanes) is 13. The van der Waals surface area contributed by atoms with Crippen molar-refractivity contribution in [1.82, 2.24) is 5.32 Å². The number of aliphatic hydroxyl groups is 6. The highest BCUT2D eigenvalue weighted by molar-refractivity contribution is 5.76. The lowest BCUT2D eigenvalue weighted by Gasteiger charge is -2.40. The Kier molecular flexibility index (Phi) is 21.6. The average molecular weight is 672 g/mol. The second-order valence-electron chi connectivity index (χ2n) is 13.1. The molecular weight excluding hydrogens is 609 g/mol. The van der Waals surface area contributed by atoms with Crippen LogP contribution in [0.4, 0.5) is 4.39 Å². The van der Waals surface area contributed by atoms with Gasteiger partial charge in [0.2, 0.25) is 5.91 Å². The summed E-state index contributed by atoms with van der Waals surface area (Å²) >= 11 is 0. The van der Waals surface area contributed by atoms with E-state index in [0.717, 1.165) is 50.5 Å². The zero-order chi connectivity index (χ0) is 34.4. The van der Waals surface area contributed by atoms with Crippen molar-refractivity contribution >= 4 is 5.91 Å². The van der Waals surface area contributed by atoms with Crippen molar-refractivity contribution in [1.29, 1.82) is 0 Å². The highest BCUT2D eigenvalue weighted by Gasteiger charge is 2.44. The van der Waals surface area contributed by atoms with E-state index in [1.165, 1.54) is 63.5 Å². The van der Waals surface area contributed by atoms with Gasteiger partial charge in [-0.1, -0.05) is 103 Å². The summed E-state index contributed by atoms with van der Waals surface area (Å²) in [7, 11) is 0. The van der Waals surface area contributed by atoms with E-state index in [1.54, 1.807) is 12.1 Å². The molecule has 0 aromatic heterocycles. The van der Waals surface area contributed by atoms with Crippen LogP contribution in [-0.4, -0.2) is 98.7 Å². The summed E-state index contributed by atoms with van der Waals surface area (Å²) in [6.45, 7) is 1.25. The molecule has 0 radical (unpaired) electrons. The Bertz CT molecular complexity index is 938. The van der Waals surface area contributed by atoms with Gasteiger partial charge in [0.15, 0.2) is 6.29 Å². The molecule has 0 bridgehead atoms. The molecule has 11 heteroatoms. The summed E-state index contributed by atoms with van der Waals surface area (Å²) in [6.07, 6.45) is 7.68. The summed E-state index contributed by atoms with van der Waals surface area (Å²) in [6, 6.07) is 5.29. The van der Waals surface area contributed by atoms with Crippen LogP contribution in [0.2, 0.25) is 0 Å². The van der Waals surface area contributed by atoms with E-state index in [-0.39, 0.29) is 24.8 Å². The number of aliphatic hydroxyl groups excluding tert-OH is 6. The Morgan fingerprint density at radius 1 is 0.830 bits per heavy atom. The number of carbonyl (C=O) groups is 1. The van der Waals surface area contributed by atoms with Crippen molar-refractivity contribution < 1.29 is 49.3 Å². The second kappa shape index (κ2) is 24.4. The number of hydrogen-bond acceptors (Lipinski definition) is 9. The summed E-state index contributed by atoms with van der Waals surface area (Å²) < 4.78 is 24.1. The Morgan fingerprint density at radius 3 is 2.00 bits per heavy atom. The predicted molar refractivity (Wildman–Crippen MR) is 178 cm³/mol. The van der Waals surface area contributed by atoms with E-state index in [9.17, 15) is 39.8 Å². The second-order valence-corrected chi connectivity index (χ2v) is 13.1. The van der Waals surface area contributed by atoms with Crippen LogP contribution in [0.15, 0.2) is 24.3 Å². The number of aryl methyl sites for hydroxylation is 1. The van der Waals surface area contributed by atoms with Gasteiger partial charge < -0.3 is 45.4 Å². The van der Waals surface area contributed by atoms with Crippen LogP contribution in [0.25, 0.3) is 0 Å². The Balaban J connectivity index is 1.80. The number of rotatable bonds is 26. The Labute approximate surface area is 280 Å². The molecule has 272 valence electrons. The maximum atomic E-state index is 13.1. The summed E-state index contributed by atoms with van der Waals surface area (Å²) in [5.41, 5.74) is 1.02. The minimum atomic E-state index is -1.63. The highest BCUT2D eigenvalue weighted by Crippen LogP contribution is 2.23. The topological polar surface area (TPSA) is 169 Å². The smallest absolute Gasteiger partial charge is 0.220 e. The van der Waals surface area contributed by atoms with E-state index >= 15 is 0 Å². The SMILES string of the molecule is CCCCCCCCCCCCCC[C@@H](O)[C@@H](O)[C@H](CO[C@H]1O[C@H](CO)[C@H](O)[C@H](O)[C@H]1O)NC(=O)CCCCCc1ccc(F)cc1. The van der Waals surface area contributed by atoms with Gasteiger partial charge >= 0.3 is 0 Å². The zero-order valence-electron chi connectivity index (χ0n) is 28.4. The van der Waals surface area contributed by atoms with Gasteiger partial charge in [-0.05, 0) is 43.4 Å². The molecule has 1 saturated heterocycles. The van der Waals surface area contributed by atoms with Crippen molar-refractivity contribution in [3.63, 3.8) is 0 Å². The number of benzene rings is 1. The number of halogens is 1. The molecule has 1 aromatic carbocycles. The summed E-state index contributed by atoms with van der Waals surface area (Å²) in [5, 5.41) is 64.6. The van der Waals surface area contributed by atoms with Crippen LogP contribution in [0, 0.1) is 5.82 Å². The molecule has 1 aliphatic rings. The van der Waals surface area contributed by atoms with Crippen LogP contribution in [0.5, 0.6) is 0 Å². The highest BCUT2D eigenvalue weighted by atomic mass is 19.1. The van der Waals surface area contributed by atoms with Gasteiger partial charge in [0.25, 0.3) is 0 Å². The fraction of sp³-hybridized carbons (Fsp3) is 0.806. The van der Waals surface area contributed by atoms with Crippen molar-refractivity contribution in [2.24, 2.45) is 0 Å². The molecular formula is C36H62FNO9. The lowest BCUT2D eigenvalue weighted by atomic mass is 9.98. The molecule has 7 N–H and O–H groups in total. The lowest BCUT2D eigenvalue weighted by Crippen LogP contribution is -2.60. The molecule has 8 atom stereocenters. The van der Waals surface area contributed by atoms with E-state index < -0.39 is 55.6 Å². The van der Waals surface area contributed by atoms with Crippen LogP contribution in [0.1, 0.15) is 122 Å². The number of hydrogen-bond donors (Lipinski definition) is 7. The van der Waals surface area contributed by atoms with Gasteiger partial charge in [-0.2, -0.15) is 0 Å². The minimum absolute atomic E-state index is 0.182. The first kappa shape index (κ1) is 41.5. The van der Waals surface area contributed by atoms with Gasteiger partial charge in [-0.3, -0.25) is 4.79 Å². The van der Waals surface area contributed by atoms with Crippen molar-refractivity contribution in [2.45, 2.75) is 171 Å². The molecule has 1 amide bonds. The number of ether oxygens (including phenoxy) is 2. The lowest BCUT2D eigenvalue weighted by molar-refractivity contribution is -0.303. The van der Waals surface area contributed by atoms with Crippen LogP contribution in [-0.2, 0) is 20.7 Å². The molecule has 1 heterocycles. The molecule has 0 aliphatic carbocycles. The first-order chi connectivity index (χ1) is 22.7. The quantitative estimate of drug-likeness (QED) is 0.0719. The molecule has 0 saturated carbocycles.